The van der Waals surface area contributed by atoms with E-state index >= 15 is 0 Å². The number of nitrogens with zero attached hydrogens (tertiary/aromatic N) is 1. The minimum Gasteiger partial charge on any atom is -0.486 e. The van der Waals surface area contributed by atoms with E-state index in [1.165, 1.54) is 0 Å². The number of thioether (sulfide) groups is 1. The van der Waals surface area contributed by atoms with Crippen LogP contribution in [0.5, 0.6) is 5.75 Å². The summed E-state index contributed by atoms with van der Waals surface area (Å²) in [5.74, 6) is -0.407. The summed E-state index contributed by atoms with van der Waals surface area (Å²) in [7, 11) is 0. The average molecular weight is 687 g/mol. The minimum atomic E-state index is -0.524. The number of ether oxygens (including phenoxy) is 1. The van der Waals surface area contributed by atoms with Crippen LogP contribution >= 0.6 is 55.2 Å². The third-order valence-corrected chi connectivity index (χ3v) is 8.34. The van der Waals surface area contributed by atoms with Crippen LogP contribution in [0.3, 0.4) is 0 Å². The molecular weight excluding hydrogens is 668 g/mol. The van der Waals surface area contributed by atoms with Crippen molar-refractivity contribution in [3.63, 3.8) is 0 Å². The Bertz CT molecular complexity index is 1630. The molecule has 1 heterocycles. The number of anilines is 1. The molecule has 0 aromatic heterocycles. The molecule has 10 heteroatoms. The standard InChI is InChI=1S/C29H19Br2ClN2O4S/c30-21-12-17(13-22(31)27(21)38-16-19-7-2-4-10-23(19)32)14-25-28(36)34(29(37)39-25)15-26(35)33-24-11-5-8-18-6-1-3-9-20(18)24/h1-14H,15-16H2,(H,33,35)/b25-14+. The highest BCUT2D eigenvalue weighted by Gasteiger charge is 2.36. The molecule has 4 aromatic carbocycles. The first-order chi connectivity index (χ1) is 18.8. The molecule has 5 rings (SSSR count). The van der Waals surface area contributed by atoms with Gasteiger partial charge in [-0.3, -0.25) is 19.3 Å². The van der Waals surface area contributed by atoms with Crippen LogP contribution in [0.25, 0.3) is 16.8 Å². The summed E-state index contributed by atoms with van der Waals surface area (Å²) in [6.45, 7) is -0.108. The predicted molar refractivity (Wildman–Crippen MR) is 163 cm³/mol. The average Bonchev–Trinajstić information content (AvgIpc) is 3.16. The van der Waals surface area contributed by atoms with Gasteiger partial charge in [0.05, 0.1) is 13.9 Å². The third kappa shape index (κ3) is 6.22. The fourth-order valence-corrected chi connectivity index (χ4v) is 6.50. The number of rotatable bonds is 7. The summed E-state index contributed by atoms with van der Waals surface area (Å²) in [6, 6.07) is 24.2. The first-order valence-electron chi connectivity index (χ1n) is 11.7. The predicted octanol–water partition coefficient (Wildman–Crippen LogP) is 8.27. The molecule has 0 aliphatic carbocycles. The van der Waals surface area contributed by atoms with Gasteiger partial charge >= 0.3 is 0 Å². The molecule has 6 nitrogen and oxygen atoms in total. The normalized spacial score (nSPS) is 14.3. The third-order valence-electron chi connectivity index (χ3n) is 5.89. The lowest BCUT2D eigenvalue weighted by atomic mass is 10.1. The number of carbonyl (C=O) groups is 3. The Morgan fingerprint density at radius 2 is 1.67 bits per heavy atom. The molecular formula is C29H19Br2ClN2O4S. The van der Waals surface area contributed by atoms with Crippen molar-refractivity contribution in [2.75, 3.05) is 11.9 Å². The van der Waals surface area contributed by atoms with Crippen LogP contribution in [0.1, 0.15) is 11.1 Å². The van der Waals surface area contributed by atoms with Crippen molar-refractivity contribution in [2.45, 2.75) is 6.61 Å². The number of carbonyl (C=O) groups excluding carboxylic acids is 3. The topological polar surface area (TPSA) is 75.7 Å². The molecule has 0 bridgehead atoms. The molecule has 1 aliphatic heterocycles. The lowest BCUT2D eigenvalue weighted by Crippen LogP contribution is -2.36. The molecule has 0 unspecified atom stereocenters. The van der Waals surface area contributed by atoms with Gasteiger partial charge in [0.25, 0.3) is 11.1 Å². The Morgan fingerprint density at radius 1 is 0.974 bits per heavy atom. The van der Waals surface area contributed by atoms with E-state index in [0.717, 1.165) is 33.0 Å². The van der Waals surface area contributed by atoms with Gasteiger partial charge in [-0.1, -0.05) is 66.2 Å². The van der Waals surface area contributed by atoms with Crippen LogP contribution in [-0.4, -0.2) is 28.5 Å². The van der Waals surface area contributed by atoms with E-state index in [9.17, 15) is 14.4 Å². The fourth-order valence-electron chi connectivity index (χ4n) is 4.02. The fraction of sp³-hybridized carbons (Fsp3) is 0.0690. The van der Waals surface area contributed by atoms with Crippen LogP contribution in [0.4, 0.5) is 10.5 Å². The molecule has 0 saturated carbocycles. The van der Waals surface area contributed by atoms with Gasteiger partial charge in [-0.25, -0.2) is 0 Å². The second kappa shape index (κ2) is 12.0. The number of hydrogen-bond acceptors (Lipinski definition) is 5. The van der Waals surface area contributed by atoms with Crippen LogP contribution < -0.4 is 10.1 Å². The van der Waals surface area contributed by atoms with Gasteiger partial charge in [0.1, 0.15) is 18.9 Å². The zero-order valence-electron chi connectivity index (χ0n) is 20.1. The highest BCUT2D eigenvalue weighted by atomic mass is 79.9. The molecule has 1 fully saturated rings. The van der Waals surface area contributed by atoms with Gasteiger partial charge in [-0.05, 0) is 84.9 Å². The Balaban J connectivity index is 1.28. The number of nitrogens with one attached hydrogen (secondary N) is 1. The highest BCUT2D eigenvalue weighted by Crippen LogP contribution is 2.38. The van der Waals surface area contributed by atoms with Gasteiger partial charge in [-0.15, -0.1) is 0 Å². The van der Waals surface area contributed by atoms with E-state index in [0.29, 0.717) is 31.0 Å². The maximum absolute atomic E-state index is 13.0. The molecule has 0 radical (unpaired) electrons. The molecule has 196 valence electrons. The van der Waals surface area contributed by atoms with Gasteiger partial charge in [-0.2, -0.15) is 0 Å². The quantitative estimate of drug-likeness (QED) is 0.198. The van der Waals surface area contributed by atoms with Crippen molar-refractivity contribution in [1.82, 2.24) is 4.90 Å². The van der Waals surface area contributed by atoms with Crippen molar-refractivity contribution in [3.05, 3.63) is 109 Å². The van der Waals surface area contributed by atoms with Crippen LogP contribution in [-0.2, 0) is 16.2 Å². The van der Waals surface area contributed by atoms with Gasteiger partial charge < -0.3 is 10.1 Å². The minimum absolute atomic E-state index is 0.224. The molecule has 3 amide bonds. The summed E-state index contributed by atoms with van der Waals surface area (Å²) in [5, 5.41) is 4.78. The van der Waals surface area contributed by atoms with Crippen LogP contribution in [0, 0.1) is 0 Å². The van der Waals surface area contributed by atoms with Crippen molar-refractivity contribution in [1.29, 1.82) is 0 Å². The Morgan fingerprint density at radius 3 is 2.44 bits per heavy atom. The molecule has 0 atom stereocenters. The summed E-state index contributed by atoms with van der Waals surface area (Å²) in [4.78, 5) is 39.6. The number of imide groups is 1. The van der Waals surface area contributed by atoms with Crippen molar-refractivity contribution >= 4 is 94.8 Å². The van der Waals surface area contributed by atoms with E-state index in [1.54, 1.807) is 30.3 Å². The number of hydrogen-bond donors (Lipinski definition) is 1. The molecule has 4 aromatic rings. The smallest absolute Gasteiger partial charge is 0.294 e. The Hall–Kier alpha value is -3.11. The summed E-state index contributed by atoms with van der Waals surface area (Å²) < 4.78 is 7.27. The van der Waals surface area contributed by atoms with E-state index < -0.39 is 17.1 Å². The molecule has 0 spiro atoms. The number of benzene rings is 4. The van der Waals surface area contributed by atoms with Crippen molar-refractivity contribution in [3.8, 4) is 5.75 Å². The van der Waals surface area contributed by atoms with Gasteiger partial charge in [0, 0.05) is 21.7 Å². The number of halogens is 3. The van der Waals surface area contributed by atoms with Crippen LogP contribution in [0.2, 0.25) is 5.02 Å². The van der Waals surface area contributed by atoms with Crippen LogP contribution in [0.15, 0.2) is 92.7 Å². The molecule has 1 aliphatic rings. The summed E-state index contributed by atoms with van der Waals surface area (Å²) in [5.41, 5.74) is 2.14. The summed E-state index contributed by atoms with van der Waals surface area (Å²) in [6.07, 6.45) is 1.61. The van der Waals surface area contributed by atoms with E-state index in [4.69, 9.17) is 16.3 Å². The largest absolute Gasteiger partial charge is 0.486 e. The van der Waals surface area contributed by atoms with Crippen molar-refractivity contribution in [2.24, 2.45) is 0 Å². The van der Waals surface area contributed by atoms with E-state index in [1.807, 2.05) is 54.6 Å². The van der Waals surface area contributed by atoms with E-state index in [2.05, 4.69) is 37.2 Å². The zero-order chi connectivity index (χ0) is 27.5. The second-order valence-electron chi connectivity index (χ2n) is 8.54. The SMILES string of the molecule is O=C(CN1C(=O)S/C(=C/c2cc(Br)c(OCc3ccccc3Cl)c(Br)c2)C1=O)Nc1cccc2ccccc12. The Kier molecular flexibility index (Phi) is 8.42. The van der Waals surface area contributed by atoms with Gasteiger partial charge in [0.2, 0.25) is 5.91 Å². The first-order valence-corrected chi connectivity index (χ1v) is 14.5. The lowest BCUT2D eigenvalue weighted by molar-refractivity contribution is -0.127. The molecule has 1 N–H and O–H groups in total. The lowest BCUT2D eigenvalue weighted by Gasteiger charge is -2.14. The monoisotopic (exact) mass is 684 g/mol. The number of amides is 3. The maximum atomic E-state index is 13.0. The van der Waals surface area contributed by atoms with E-state index in [-0.39, 0.29) is 18.1 Å². The van der Waals surface area contributed by atoms with Crippen molar-refractivity contribution < 1.29 is 19.1 Å². The maximum Gasteiger partial charge on any atom is 0.294 e. The van der Waals surface area contributed by atoms with Gasteiger partial charge in [0.15, 0.2) is 0 Å². The first kappa shape index (κ1) is 27.5. The molecule has 39 heavy (non-hydrogen) atoms. The molecule has 1 saturated heterocycles. The Labute approximate surface area is 250 Å². The summed E-state index contributed by atoms with van der Waals surface area (Å²) >= 11 is 14.1. The highest BCUT2D eigenvalue weighted by molar-refractivity contribution is 9.11. The number of fused-ring (bicyclic) bond motifs is 1. The second-order valence-corrected chi connectivity index (χ2v) is 11.6. The zero-order valence-corrected chi connectivity index (χ0v) is 24.9.